The fraction of sp³-hybridized carbons (Fsp3) is 0.222. The molecule has 126 valence electrons. The normalized spacial score (nSPS) is 10.3. The van der Waals surface area contributed by atoms with Gasteiger partial charge in [0.05, 0.1) is 10.6 Å². The van der Waals surface area contributed by atoms with E-state index in [9.17, 15) is 9.59 Å². The zero-order chi connectivity index (χ0) is 17.5. The van der Waals surface area contributed by atoms with Gasteiger partial charge in [-0.3, -0.25) is 4.79 Å². The van der Waals surface area contributed by atoms with Gasteiger partial charge in [0.1, 0.15) is 0 Å². The van der Waals surface area contributed by atoms with Crippen molar-refractivity contribution in [3.05, 3.63) is 69.2 Å². The van der Waals surface area contributed by atoms with Crippen LogP contribution in [0.2, 0.25) is 10.0 Å². The summed E-state index contributed by atoms with van der Waals surface area (Å²) < 4.78 is 4.96. The number of hydrogen-bond acceptors (Lipinski definition) is 3. The Balaban J connectivity index is 1.82. The fourth-order valence-corrected chi connectivity index (χ4v) is 2.37. The molecule has 2 rings (SSSR count). The summed E-state index contributed by atoms with van der Waals surface area (Å²) in [5, 5.41) is 3.28. The van der Waals surface area contributed by atoms with Crippen LogP contribution in [0.15, 0.2) is 42.5 Å². The summed E-state index contributed by atoms with van der Waals surface area (Å²) in [7, 11) is 0. The second kappa shape index (κ2) is 8.71. The van der Waals surface area contributed by atoms with Gasteiger partial charge in [0.15, 0.2) is 6.61 Å². The monoisotopic (exact) mass is 365 g/mol. The Morgan fingerprint density at radius 3 is 2.38 bits per heavy atom. The van der Waals surface area contributed by atoms with Crippen LogP contribution in [0.25, 0.3) is 0 Å². The van der Waals surface area contributed by atoms with Crippen molar-refractivity contribution in [2.24, 2.45) is 0 Å². The SMILES string of the molecule is CCc1ccc(CNC(=O)COC(=O)c2cc(Cl)ccc2Cl)cc1. The third kappa shape index (κ3) is 5.25. The number of esters is 1. The summed E-state index contributed by atoms with van der Waals surface area (Å²) in [6.45, 7) is 2.07. The van der Waals surface area contributed by atoms with E-state index < -0.39 is 5.97 Å². The van der Waals surface area contributed by atoms with Gasteiger partial charge in [-0.1, -0.05) is 54.4 Å². The summed E-state index contributed by atoms with van der Waals surface area (Å²) in [5.74, 6) is -1.08. The number of hydrogen-bond donors (Lipinski definition) is 1. The van der Waals surface area contributed by atoms with E-state index in [1.54, 1.807) is 6.07 Å². The number of carbonyl (C=O) groups excluding carboxylic acids is 2. The third-order valence-electron chi connectivity index (χ3n) is 3.40. The maximum absolute atomic E-state index is 11.9. The van der Waals surface area contributed by atoms with E-state index in [0.717, 1.165) is 12.0 Å². The molecular formula is C18H17Cl2NO3. The first kappa shape index (κ1) is 18.3. The highest BCUT2D eigenvalue weighted by Crippen LogP contribution is 2.21. The Hall–Kier alpha value is -2.04. The summed E-state index contributed by atoms with van der Waals surface area (Å²) in [4.78, 5) is 23.7. The average Bonchev–Trinajstić information content (AvgIpc) is 2.60. The minimum absolute atomic E-state index is 0.132. The van der Waals surface area contributed by atoms with E-state index in [1.165, 1.54) is 17.7 Å². The van der Waals surface area contributed by atoms with Crippen molar-refractivity contribution in [1.82, 2.24) is 5.32 Å². The molecule has 0 saturated heterocycles. The van der Waals surface area contributed by atoms with Crippen LogP contribution in [-0.4, -0.2) is 18.5 Å². The molecule has 0 fully saturated rings. The number of nitrogens with one attached hydrogen (secondary N) is 1. The summed E-state index contributed by atoms with van der Waals surface area (Å²) in [6.07, 6.45) is 0.967. The van der Waals surface area contributed by atoms with E-state index >= 15 is 0 Å². The molecular weight excluding hydrogens is 349 g/mol. The molecule has 0 spiro atoms. The van der Waals surface area contributed by atoms with Crippen molar-refractivity contribution in [2.45, 2.75) is 19.9 Å². The van der Waals surface area contributed by atoms with Gasteiger partial charge < -0.3 is 10.1 Å². The highest BCUT2D eigenvalue weighted by atomic mass is 35.5. The first-order valence-corrected chi connectivity index (χ1v) is 8.22. The molecule has 6 heteroatoms. The maximum atomic E-state index is 11.9. The highest BCUT2D eigenvalue weighted by Gasteiger charge is 2.14. The third-order valence-corrected chi connectivity index (χ3v) is 3.97. The maximum Gasteiger partial charge on any atom is 0.340 e. The quantitative estimate of drug-likeness (QED) is 0.786. The molecule has 2 aromatic rings. The number of carbonyl (C=O) groups is 2. The van der Waals surface area contributed by atoms with Gasteiger partial charge in [-0.25, -0.2) is 4.79 Å². The molecule has 0 saturated carbocycles. The van der Waals surface area contributed by atoms with E-state index in [4.69, 9.17) is 27.9 Å². The standard InChI is InChI=1S/C18H17Cl2NO3/c1-2-12-3-5-13(6-4-12)10-21-17(22)11-24-18(23)15-9-14(19)7-8-16(15)20/h3-9H,2,10-11H2,1H3,(H,21,22). The van der Waals surface area contributed by atoms with Gasteiger partial charge in [0.25, 0.3) is 5.91 Å². The minimum atomic E-state index is -0.690. The number of amides is 1. The van der Waals surface area contributed by atoms with Crippen LogP contribution in [0, 0.1) is 0 Å². The molecule has 0 aliphatic rings. The highest BCUT2D eigenvalue weighted by molar-refractivity contribution is 6.35. The predicted octanol–water partition coefficient (Wildman–Crippen LogP) is 4.03. The van der Waals surface area contributed by atoms with E-state index in [0.29, 0.717) is 11.6 Å². The fourth-order valence-electron chi connectivity index (χ4n) is 2.01. The Labute approximate surface area is 150 Å². The van der Waals surface area contributed by atoms with Crippen molar-refractivity contribution in [2.75, 3.05) is 6.61 Å². The van der Waals surface area contributed by atoms with Gasteiger partial charge in [-0.15, -0.1) is 0 Å². The Morgan fingerprint density at radius 1 is 1.04 bits per heavy atom. The van der Waals surface area contributed by atoms with E-state index in [1.807, 2.05) is 24.3 Å². The lowest BCUT2D eigenvalue weighted by Crippen LogP contribution is -2.28. The van der Waals surface area contributed by atoms with Crippen LogP contribution in [0.4, 0.5) is 0 Å². The number of aryl methyl sites for hydroxylation is 1. The molecule has 0 aromatic heterocycles. The molecule has 1 N–H and O–H groups in total. The molecule has 24 heavy (non-hydrogen) atoms. The summed E-state index contributed by atoms with van der Waals surface area (Å²) >= 11 is 11.7. The first-order valence-electron chi connectivity index (χ1n) is 7.46. The molecule has 0 radical (unpaired) electrons. The molecule has 4 nitrogen and oxygen atoms in total. The van der Waals surface area contributed by atoms with Crippen LogP contribution in [0.1, 0.15) is 28.4 Å². The zero-order valence-corrected chi connectivity index (χ0v) is 14.7. The second-order valence-corrected chi connectivity index (χ2v) is 5.99. The van der Waals surface area contributed by atoms with Crippen molar-refractivity contribution < 1.29 is 14.3 Å². The number of benzene rings is 2. The summed E-state index contributed by atoms with van der Waals surface area (Å²) in [6, 6.07) is 12.4. The van der Waals surface area contributed by atoms with Crippen LogP contribution in [0.3, 0.4) is 0 Å². The largest absolute Gasteiger partial charge is 0.452 e. The zero-order valence-electron chi connectivity index (χ0n) is 13.1. The van der Waals surface area contributed by atoms with Crippen LogP contribution < -0.4 is 5.32 Å². The molecule has 0 bridgehead atoms. The second-order valence-electron chi connectivity index (χ2n) is 5.15. The first-order chi connectivity index (χ1) is 11.5. The van der Waals surface area contributed by atoms with Crippen molar-refractivity contribution in [3.63, 3.8) is 0 Å². The Bertz CT molecular complexity index is 730. The molecule has 0 atom stereocenters. The van der Waals surface area contributed by atoms with Crippen LogP contribution in [-0.2, 0) is 22.5 Å². The van der Waals surface area contributed by atoms with Gasteiger partial charge in [-0.05, 0) is 35.7 Å². The summed E-state index contributed by atoms with van der Waals surface area (Å²) in [5.41, 5.74) is 2.34. The molecule has 1 amide bonds. The van der Waals surface area contributed by atoms with Gasteiger partial charge >= 0.3 is 5.97 Å². The molecule has 0 aliphatic carbocycles. The van der Waals surface area contributed by atoms with Crippen LogP contribution in [0.5, 0.6) is 0 Å². The molecule has 0 heterocycles. The predicted molar refractivity (Wildman–Crippen MR) is 94.4 cm³/mol. The van der Waals surface area contributed by atoms with Gasteiger partial charge in [-0.2, -0.15) is 0 Å². The lowest BCUT2D eigenvalue weighted by molar-refractivity contribution is -0.124. The molecule has 2 aromatic carbocycles. The minimum Gasteiger partial charge on any atom is -0.452 e. The van der Waals surface area contributed by atoms with Crippen molar-refractivity contribution in [1.29, 1.82) is 0 Å². The van der Waals surface area contributed by atoms with E-state index in [-0.39, 0.29) is 23.1 Å². The number of halogens is 2. The van der Waals surface area contributed by atoms with E-state index in [2.05, 4.69) is 12.2 Å². The van der Waals surface area contributed by atoms with Gasteiger partial charge in [0, 0.05) is 11.6 Å². The Morgan fingerprint density at radius 2 is 1.71 bits per heavy atom. The topological polar surface area (TPSA) is 55.4 Å². The molecule has 0 aliphatic heterocycles. The number of rotatable bonds is 6. The Kier molecular flexibility index (Phi) is 6.64. The lowest BCUT2D eigenvalue weighted by atomic mass is 10.1. The van der Waals surface area contributed by atoms with Crippen LogP contribution >= 0.6 is 23.2 Å². The average molecular weight is 366 g/mol. The lowest BCUT2D eigenvalue weighted by Gasteiger charge is -2.08. The van der Waals surface area contributed by atoms with Gasteiger partial charge in [0.2, 0.25) is 0 Å². The smallest absolute Gasteiger partial charge is 0.340 e. The van der Waals surface area contributed by atoms with Crippen molar-refractivity contribution in [3.8, 4) is 0 Å². The van der Waals surface area contributed by atoms with Crippen molar-refractivity contribution >= 4 is 35.1 Å². The number of ether oxygens (including phenoxy) is 1. The molecule has 0 unspecified atom stereocenters.